The van der Waals surface area contributed by atoms with Gasteiger partial charge in [0.1, 0.15) is 12.4 Å². The SMILES string of the molecule is CCCNC(=NCc1nnc(C)n1C)NCCCN(C)c1ccccc1. The first-order chi connectivity index (χ1) is 12.6. The number of benzene rings is 1. The Hall–Kier alpha value is -2.57. The van der Waals surface area contributed by atoms with Crippen molar-refractivity contribution in [3.63, 3.8) is 0 Å². The lowest BCUT2D eigenvalue weighted by Gasteiger charge is -2.19. The van der Waals surface area contributed by atoms with Gasteiger partial charge in [-0.05, 0) is 31.9 Å². The highest BCUT2D eigenvalue weighted by molar-refractivity contribution is 5.79. The monoisotopic (exact) mass is 357 g/mol. The minimum Gasteiger partial charge on any atom is -0.375 e. The standard InChI is InChI=1S/C19H31N7/c1-5-12-20-19(22-15-18-24-23-16(2)26(18)4)21-13-9-14-25(3)17-10-7-6-8-11-17/h6-8,10-11H,5,9,12-15H2,1-4H3,(H2,20,21,22). The van der Waals surface area contributed by atoms with Crippen LogP contribution < -0.4 is 15.5 Å². The van der Waals surface area contributed by atoms with E-state index in [4.69, 9.17) is 0 Å². The van der Waals surface area contributed by atoms with Crippen molar-refractivity contribution in [3.8, 4) is 0 Å². The summed E-state index contributed by atoms with van der Waals surface area (Å²) in [5, 5.41) is 15.0. The largest absolute Gasteiger partial charge is 0.375 e. The number of guanidine groups is 1. The molecule has 0 amide bonds. The minimum absolute atomic E-state index is 0.514. The highest BCUT2D eigenvalue weighted by atomic mass is 15.3. The van der Waals surface area contributed by atoms with Crippen molar-refractivity contribution < 1.29 is 0 Å². The molecule has 2 N–H and O–H groups in total. The molecule has 1 aromatic heterocycles. The van der Waals surface area contributed by atoms with Gasteiger partial charge in [-0.3, -0.25) is 0 Å². The van der Waals surface area contributed by atoms with Crippen LogP contribution in [-0.2, 0) is 13.6 Å². The fourth-order valence-corrected chi connectivity index (χ4v) is 2.49. The normalized spacial score (nSPS) is 11.5. The molecule has 0 saturated heterocycles. The Bertz CT molecular complexity index is 678. The zero-order valence-corrected chi connectivity index (χ0v) is 16.4. The molecule has 0 saturated carbocycles. The minimum atomic E-state index is 0.514. The van der Waals surface area contributed by atoms with Crippen molar-refractivity contribution in [1.29, 1.82) is 0 Å². The fourth-order valence-electron chi connectivity index (χ4n) is 2.49. The molecular weight excluding hydrogens is 326 g/mol. The van der Waals surface area contributed by atoms with E-state index in [0.717, 1.165) is 50.1 Å². The summed E-state index contributed by atoms with van der Waals surface area (Å²) in [6.07, 6.45) is 2.09. The molecule has 0 aliphatic carbocycles. The van der Waals surface area contributed by atoms with Gasteiger partial charge in [0.05, 0.1) is 0 Å². The highest BCUT2D eigenvalue weighted by Crippen LogP contribution is 2.10. The number of anilines is 1. The molecule has 0 fully saturated rings. The average Bonchev–Trinajstić information content (AvgIpc) is 2.99. The van der Waals surface area contributed by atoms with Crippen molar-refractivity contribution >= 4 is 11.6 Å². The molecule has 0 aliphatic heterocycles. The molecule has 0 unspecified atom stereocenters. The zero-order valence-electron chi connectivity index (χ0n) is 16.4. The maximum atomic E-state index is 4.64. The molecule has 0 atom stereocenters. The smallest absolute Gasteiger partial charge is 0.191 e. The number of aryl methyl sites for hydroxylation is 1. The van der Waals surface area contributed by atoms with E-state index < -0.39 is 0 Å². The Kier molecular flexibility index (Phi) is 7.92. The van der Waals surface area contributed by atoms with Crippen LogP contribution >= 0.6 is 0 Å². The molecule has 0 radical (unpaired) electrons. The Balaban J connectivity index is 1.81. The Labute approximate surface area is 156 Å². The number of aliphatic imine (C=N–C) groups is 1. The summed E-state index contributed by atoms with van der Waals surface area (Å²) in [6.45, 7) is 7.35. The summed E-state index contributed by atoms with van der Waals surface area (Å²) < 4.78 is 1.97. The van der Waals surface area contributed by atoms with Crippen LogP contribution in [0.5, 0.6) is 0 Å². The van der Waals surface area contributed by atoms with E-state index >= 15 is 0 Å². The van der Waals surface area contributed by atoms with Crippen LogP contribution in [0, 0.1) is 6.92 Å². The Morgan fingerprint density at radius 2 is 1.88 bits per heavy atom. The van der Waals surface area contributed by atoms with Crippen LogP contribution in [0.15, 0.2) is 35.3 Å². The number of nitrogens with one attached hydrogen (secondary N) is 2. The van der Waals surface area contributed by atoms with Crippen molar-refractivity contribution in [2.45, 2.75) is 33.2 Å². The molecule has 7 heteroatoms. The van der Waals surface area contributed by atoms with Gasteiger partial charge in [0, 0.05) is 39.4 Å². The summed E-state index contributed by atoms with van der Waals surface area (Å²) in [6, 6.07) is 10.4. The lowest BCUT2D eigenvalue weighted by atomic mass is 10.3. The maximum Gasteiger partial charge on any atom is 0.191 e. The van der Waals surface area contributed by atoms with Gasteiger partial charge in [-0.2, -0.15) is 0 Å². The topological polar surface area (TPSA) is 70.4 Å². The molecule has 2 rings (SSSR count). The van der Waals surface area contributed by atoms with Gasteiger partial charge in [0.2, 0.25) is 0 Å². The quantitative estimate of drug-likeness (QED) is 0.409. The molecule has 0 bridgehead atoms. The third kappa shape index (κ3) is 6.06. The summed E-state index contributed by atoms with van der Waals surface area (Å²) in [5.41, 5.74) is 1.24. The number of hydrogen-bond donors (Lipinski definition) is 2. The number of para-hydroxylation sites is 1. The molecule has 142 valence electrons. The van der Waals surface area contributed by atoms with Crippen LogP contribution in [0.25, 0.3) is 0 Å². The molecule has 1 heterocycles. The van der Waals surface area contributed by atoms with Gasteiger partial charge < -0.3 is 20.1 Å². The zero-order chi connectivity index (χ0) is 18.8. The summed E-state index contributed by atoms with van der Waals surface area (Å²) >= 11 is 0. The second-order valence-electron chi connectivity index (χ2n) is 6.35. The number of hydrogen-bond acceptors (Lipinski definition) is 4. The number of rotatable bonds is 9. The predicted octanol–water partition coefficient (Wildman–Crippen LogP) is 2.10. The second-order valence-corrected chi connectivity index (χ2v) is 6.35. The molecule has 0 spiro atoms. The van der Waals surface area contributed by atoms with Crippen molar-refractivity contribution in [2.75, 3.05) is 31.6 Å². The average molecular weight is 358 g/mol. The molecule has 26 heavy (non-hydrogen) atoms. The molecule has 2 aromatic rings. The molecule has 1 aromatic carbocycles. The van der Waals surface area contributed by atoms with Gasteiger partial charge in [0.25, 0.3) is 0 Å². The lowest BCUT2D eigenvalue weighted by molar-refractivity contribution is 0.712. The van der Waals surface area contributed by atoms with E-state index in [0.29, 0.717) is 6.54 Å². The second kappa shape index (κ2) is 10.4. The van der Waals surface area contributed by atoms with E-state index in [-0.39, 0.29) is 0 Å². The summed E-state index contributed by atoms with van der Waals surface area (Å²) in [7, 11) is 4.09. The van der Waals surface area contributed by atoms with Crippen molar-refractivity contribution in [2.24, 2.45) is 12.0 Å². The third-order valence-electron chi connectivity index (χ3n) is 4.26. The number of nitrogens with zero attached hydrogens (tertiary/aromatic N) is 5. The highest BCUT2D eigenvalue weighted by Gasteiger charge is 2.05. The fraction of sp³-hybridized carbons (Fsp3) is 0.526. The number of aromatic nitrogens is 3. The summed E-state index contributed by atoms with van der Waals surface area (Å²) in [4.78, 5) is 6.90. The Morgan fingerprint density at radius 3 is 2.54 bits per heavy atom. The van der Waals surface area contributed by atoms with Gasteiger partial charge in [-0.25, -0.2) is 4.99 Å². The molecule has 7 nitrogen and oxygen atoms in total. The van der Waals surface area contributed by atoms with Crippen LogP contribution in [0.4, 0.5) is 5.69 Å². The van der Waals surface area contributed by atoms with Crippen molar-refractivity contribution in [1.82, 2.24) is 25.4 Å². The first-order valence-electron chi connectivity index (χ1n) is 9.25. The van der Waals surface area contributed by atoms with Crippen LogP contribution in [0.2, 0.25) is 0 Å². The molecular formula is C19H31N7. The van der Waals surface area contributed by atoms with Crippen LogP contribution in [0.1, 0.15) is 31.4 Å². The van der Waals surface area contributed by atoms with Crippen LogP contribution in [0.3, 0.4) is 0 Å². The molecule has 0 aliphatic rings. The summed E-state index contributed by atoms with van der Waals surface area (Å²) in [5.74, 6) is 2.59. The van der Waals surface area contributed by atoms with E-state index in [2.05, 4.69) is 69.0 Å². The van der Waals surface area contributed by atoms with Gasteiger partial charge in [-0.15, -0.1) is 10.2 Å². The first kappa shape index (κ1) is 19.8. The van der Waals surface area contributed by atoms with E-state index in [1.807, 2.05) is 24.6 Å². The van der Waals surface area contributed by atoms with Gasteiger partial charge in [0.15, 0.2) is 11.8 Å². The van der Waals surface area contributed by atoms with E-state index in [1.54, 1.807) is 0 Å². The van der Waals surface area contributed by atoms with E-state index in [9.17, 15) is 0 Å². The van der Waals surface area contributed by atoms with E-state index in [1.165, 1.54) is 5.69 Å². The predicted molar refractivity (Wildman–Crippen MR) is 108 cm³/mol. The lowest BCUT2D eigenvalue weighted by Crippen LogP contribution is -2.39. The van der Waals surface area contributed by atoms with Gasteiger partial charge >= 0.3 is 0 Å². The Morgan fingerprint density at radius 1 is 1.15 bits per heavy atom. The maximum absolute atomic E-state index is 4.64. The van der Waals surface area contributed by atoms with Crippen LogP contribution in [-0.4, -0.2) is 47.4 Å². The van der Waals surface area contributed by atoms with Gasteiger partial charge in [-0.1, -0.05) is 25.1 Å². The first-order valence-corrected chi connectivity index (χ1v) is 9.25. The third-order valence-corrected chi connectivity index (χ3v) is 4.26. The van der Waals surface area contributed by atoms with Crippen molar-refractivity contribution in [3.05, 3.63) is 42.0 Å².